The molecule has 1 fully saturated rings. The number of ether oxygens (including phenoxy) is 2. The molecule has 134 valence electrons. The van der Waals surface area contributed by atoms with Crippen molar-refractivity contribution in [1.29, 1.82) is 0 Å². The predicted molar refractivity (Wildman–Crippen MR) is 103 cm³/mol. The molecule has 0 atom stereocenters. The minimum Gasteiger partial charge on any atom is -0.490 e. The van der Waals surface area contributed by atoms with E-state index in [9.17, 15) is 9.59 Å². The first-order valence-electron chi connectivity index (χ1n) is 7.57. The molecule has 0 bridgehead atoms. The standard InChI is InChI=1S/C18H13Cl2NO4S/c19-12-3-6-15(14(20)10-12)25-8-7-24-13-4-1-11(2-5-13)9-16-17(22)21-18(23)26-16/h1-6,9-10H,7-8H2,(H,21,22,23)/b16-9-. The van der Waals surface area contributed by atoms with Crippen LogP contribution < -0.4 is 14.8 Å². The summed E-state index contributed by atoms with van der Waals surface area (Å²) in [4.78, 5) is 23.0. The third-order valence-electron chi connectivity index (χ3n) is 3.32. The Morgan fingerprint density at radius 2 is 1.73 bits per heavy atom. The Kier molecular flexibility index (Phi) is 6.08. The van der Waals surface area contributed by atoms with E-state index in [0.29, 0.717) is 39.7 Å². The number of benzene rings is 2. The van der Waals surface area contributed by atoms with Gasteiger partial charge in [0.1, 0.15) is 24.7 Å². The van der Waals surface area contributed by atoms with Crippen LogP contribution in [0, 0.1) is 0 Å². The number of nitrogens with one attached hydrogen (secondary N) is 1. The highest BCUT2D eigenvalue weighted by molar-refractivity contribution is 8.18. The molecule has 1 N–H and O–H groups in total. The number of amides is 2. The summed E-state index contributed by atoms with van der Waals surface area (Å²) in [5, 5.41) is 2.85. The van der Waals surface area contributed by atoms with Gasteiger partial charge in [0.2, 0.25) is 0 Å². The fourth-order valence-electron chi connectivity index (χ4n) is 2.14. The van der Waals surface area contributed by atoms with E-state index in [1.807, 2.05) is 0 Å². The second-order valence-electron chi connectivity index (χ2n) is 5.19. The number of halogens is 2. The summed E-state index contributed by atoms with van der Waals surface area (Å²) in [6, 6.07) is 12.2. The Labute approximate surface area is 164 Å². The molecule has 5 nitrogen and oxygen atoms in total. The van der Waals surface area contributed by atoms with Crippen LogP contribution in [-0.4, -0.2) is 24.4 Å². The maximum atomic E-state index is 11.5. The molecule has 1 heterocycles. The average molecular weight is 410 g/mol. The lowest BCUT2D eigenvalue weighted by Gasteiger charge is -2.10. The zero-order chi connectivity index (χ0) is 18.5. The Hall–Kier alpha value is -2.15. The molecule has 1 aliphatic rings. The first-order valence-corrected chi connectivity index (χ1v) is 9.14. The number of hydrogen-bond donors (Lipinski definition) is 1. The molecular weight excluding hydrogens is 397 g/mol. The summed E-state index contributed by atoms with van der Waals surface area (Å²) >= 11 is 12.7. The van der Waals surface area contributed by atoms with Gasteiger partial charge in [0.25, 0.3) is 11.1 Å². The summed E-state index contributed by atoms with van der Waals surface area (Å²) in [5.74, 6) is 0.833. The highest BCUT2D eigenvalue weighted by atomic mass is 35.5. The van der Waals surface area contributed by atoms with Crippen LogP contribution in [0.25, 0.3) is 6.08 Å². The van der Waals surface area contributed by atoms with Gasteiger partial charge < -0.3 is 9.47 Å². The molecule has 8 heteroatoms. The monoisotopic (exact) mass is 409 g/mol. The van der Waals surface area contributed by atoms with Gasteiger partial charge in [0.15, 0.2) is 0 Å². The summed E-state index contributed by atoms with van der Waals surface area (Å²) in [6.45, 7) is 0.665. The molecule has 0 aliphatic carbocycles. The number of carbonyl (C=O) groups excluding carboxylic acids is 2. The van der Waals surface area contributed by atoms with Crippen molar-refractivity contribution in [1.82, 2.24) is 5.32 Å². The van der Waals surface area contributed by atoms with Crippen molar-refractivity contribution >= 4 is 52.2 Å². The van der Waals surface area contributed by atoms with E-state index in [1.165, 1.54) is 0 Å². The predicted octanol–water partition coefficient (Wildman–Crippen LogP) is 4.78. The fourth-order valence-corrected chi connectivity index (χ4v) is 3.28. The Morgan fingerprint density at radius 3 is 2.38 bits per heavy atom. The number of carbonyl (C=O) groups is 2. The smallest absolute Gasteiger partial charge is 0.290 e. The zero-order valence-electron chi connectivity index (χ0n) is 13.3. The van der Waals surface area contributed by atoms with Gasteiger partial charge in [-0.15, -0.1) is 0 Å². The number of thioether (sulfide) groups is 1. The number of hydrogen-bond acceptors (Lipinski definition) is 5. The van der Waals surface area contributed by atoms with Gasteiger partial charge in [0, 0.05) is 5.02 Å². The van der Waals surface area contributed by atoms with E-state index in [4.69, 9.17) is 32.7 Å². The third kappa shape index (κ3) is 4.94. The molecule has 0 unspecified atom stereocenters. The quantitative estimate of drug-likeness (QED) is 0.549. The third-order valence-corrected chi connectivity index (χ3v) is 4.66. The molecule has 2 aromatic rings. The lowest BCUT2D eigenvalue weighted by Crippen LogP contribution is -2.17. The van der Waals surface area contributed by atoms with E-state index in [-0.39, 0.29) is 11.1 Å². The Bertz CT molecular complexity index is 868. The van der Waals surface area contributed by atoms with Gasteiger partial charge >= 0.3 is 0 Å². The van der Waals surface area contributed by atoms with Gasteiger partial charge in [-0.3, -0.25) is 14.9 Å². The fraction of sp³-hybridized carbons (Fsp3) is 0.111. The summed E-state index contributed by atoms with van der Waals surface area (Å²) in [7, 11) is 0. The Morgan fingerprint density at radius 1 is 1.00 bits per heavy atom. The largest absolute Gasteiger partial charge is 0.490 e. The van der Waals surface area contributed by atoms with Gasteiger partial charge in [-0.1, -0.05) is 35.3 Å². The molecule has 1 aliphatic heterocycles. The van der Waals surface area contributed by atoms with Crippen molar-refractivity contribution in [2.75, 3.05) is 13.2 Å². The Balaban J connectivity index is 1.49. The van der Waals surface area contributed by atoms with Crippen LogP contribution in [0.3, 0.4) is 0 Å². The van der Waals surface area contributed by atoms with Crippen LogP contribution >= 0.6 is 35.0 Å². The summed E-state index contributed by atoms with van der Waals surface area (Å²) < 4.78 is 11.1. The van der Waals surface area contributed by atoms with E-state index in [1.54, 1.807) is 48.5 Å². The van der Waals surface area contributed by atoms with Crippen LogP contribution in [-0.2, 0) is 4.79 Å². The van der Waals surface area contributed by atoms with Crippen LogP contribution in [0.5, 0.6) is 11.5 Å². The van der Waals surface area contributed by atoms with Crippen molar-refractivity contribution in [3.63, 3.8) is 0 Å². The van der Waals surface area contributed by atoms with E-state index < -0.39 is 0 Å². The lowest BCUT2D eigenvalue weighted by atomic mass is 10.2. The molecule has 0 radical (unpaired) electrons. The minimum atomic E-state index is -0.377. The van der Waals surface area contributed by atoms with Gasteiger partial charge in [-0.2, -0.15) is 0 Å². The van der Waals surface area contributed by atoms with Crippen molar-refractivity contribution in [3.8, 4) is 11.5 Å². The van der Waals surface area contributed by atoms with Gasteiger partial charge in [0.05, 0.1) is 9.93 Å². The molecule has 1 saturated heterocycles. The first kappa shape index (κ1) is 18.6. The average Bonchev–Trinajstić information content (AvgIpc) is 2.92. The number of rotatable bonds is 6. The maximum Gasteiger partial charge on any atom is 0.290 e. The molecular formula is C18H13Cl2NO4S. The molecule has 2 aromatic carbocycles. The van der Waals surface area contributed by atoms with Crippen LogP contribution in [0.4, 0.5) is 4.79 Å². The maximum absolute atomic E-state index is 11.5. The summed E-state index contributed by atoms with van der Waals surface area (Å²) in [5.41, 5.74) is 0.800. The highest BCUT2D eigenvalue weighted by Gasteiger charge is 2.24. The topological polar surface area (TPSA) is 64.6 Å². The molecule has 2 amide bonds. The van der Waals surface area contributed by atoms with E-state index >= 15 is 0 Å². The molecule has 0 spiro atoms. The zero-order valence-corrected chi connectivity index (χ0v) is 15.7. The van der Waals surface area contributed by atoms with Crippen molar-refractivity contribution in [2.24, 2.45) is 0 Å². The molecule has 0 aromatic heterocycles. The molecule has 3 rings (SSSR count). The van der Waals surface area contributed by atoms with Crippen molar-refractivity contribution < 1.29 is 19.1 Å². The SMILES string of the molecule is O=C1NC(=O)/C(=C/c2ccc(OCCOc3ccc(Cl)cc3Cl)cc2)S1. The van der Waals surface area contributed by atoms with Gasteiger partial charge in [-0.05, 0) is 53.7 Å². The highest BCUT2D eigenvalue weighted by Crippen LogP contribution is 2.28. The van der Waals surface area contributed by atoms with Crippen LogP contribution in [0.1, 0.15) is 5.56 Å². The second kappa shape index (κ2) is 8.49. The van der Waals surface area contributed by atoms with Crippen LogP contribution in [0.2, 0.25) is 10.0 Å². The minimum absolute atomic E-state index is 0.325. The number of imide groups is 1. The lowest BCUT2D eigenvalue weighted by molar-refractivity contribution is -0.115. The first-order chi connectivity index (χ1) is 12.5. The normalized spacial score (nSPS) is 15.2. The van der Waals surface area contributed by atoms with E-state index in [2.05, 4.69) is 5.32 Å². The van der Waals surface area contributed by atoms with E-state index in [0.717, 1.165) is 17.3 Å². The van der Waals surface area contributed by atoms with Gasteiger partial charge in [-0.25, -0.2) is 0 Å². The summed E-state index contributed by atoms with van der Waals surface area (Å²) in [6.07, 6.45) is 1.65. The molecule has 26 heavy (non-hydrogen) atoms. The van der Waals surface area contributed by atoms with Crippen molar-refractivity contribution in [2.45, 2.75) is 0 Å². The van der Waals surface area contributed by atoms with Crippen LogP contribution in [0.15, 0.2) is 47.4 Å². The molecule has 0 saturated carbocycles. The van der Waals surface area contributed by atoms with Crippen molar-refractivity contribution in [3.05, 3.63) is 63.0 Å². The second-order valence-corrected chi connectivity index (χ2v) is 7.05.